The number of anilines is 1. The molecule has 0 bridgehead atoms. The molecule has 2 rings (SSSR count). The average Bonchev–Trinajstić information content (AvgIpc) is 2.65. The van der Waals surface area contributed by atoms with Gasteiger partial charge in [0.05, 0.1) is 5.69 Å². The van der Waals surface area contributed by atoms with Crippen molar-refractivity contribution in [2.75, 3.05) is 5.32 Å². The summed E-state index contributed by atoms with van der Waals surface area (Å²) >= 11 is 0. The van der Waals surface area contributed by atoms with Gasteiger partial charge in [-0.05, 0) is 51.0 Å². The fourth-order valence-electron chi connectivity index (χ4n) is 2.50. The van der Waals surface area contributed by atoms with Crippen molar-refractivity contribution in [3.63, 3.8) is 0 Å². The SMILES string of the molecule is C/C=C\C=C(/C)C(C)/C=C\C(C)Nc1cccc(-c2ccccn2)c1. The van der Waals surface area contributed by atoms with Gasteiger partial charge in [-0.2, -0.15) is 0 Å². The first-order valence-electron chi connectivity index (χ1n) is 8.86. The van der Waals surface area contributed by atoms with Crippen LogP contribution < -0.4 is 5.32 Å². The van der Waals surface area contributed by atoms with Crippen molar-refractivity contribution >= 4 is 5.69 Å². The Bertz CT molecular complexity index is 742. The molecule has 0 radical (unpaired) electrons. The highest BCUT2D eigenvalue weighted by molar-refractivity contribution is 5.65. The minimum atomic E-state index is 0.260. The molecule has 2 atom stereocenters. The van der Waals surface area contributed by atoms with Crippen LogP contribution in [0.3, 0.4) is 0 Å². The van der Waals surface area contributed by atoms with Crippen LogP contribution in [0.1, 0.15) is 27.7 Å². The van der Waals surface area contributed by atoms with E-state index in [-0.39, 0.29) is 6.04 Å². The Hall–Kier alpha value is -2.61. The number of hydrogen-bond donors (Lipinski definition) is 1. The maximum atomic E-state index is 4.42. The van der Waals surface area contributed by atoms with Gasteiger partial charge in [0.1, 0.15) is 0 Å². The largest absolute Gasteiger partial charge is 0.379 e. The van der Waals surface area contributed by atoms with Gasteiger partial charge in [0.25, 0.3) is 0 Å². The summed E-state index contributed by atoms with van der Waals surface area (Å²) in [5.74, 6) is 0.431. The van der Waals surface area contributed by atoms with E-state index in [1.807, 2.05) is 31.3 Å². The minimum Gasteiger partial charge on any atom is -0.379 e. The number of allylic oxidation sites excluding steroid dienone is 5. The van der Waals surface area contributed by atoms with Gasteiger partial charge in [0.2, 0.25) is 0 Å². The van der Waals surface area contributed by atoms with Crippen molar-refractivity contribution in [3.05, 3.63) is 84.6 Å². The highest BCUT2D eigenvalue weighted by Crippen LogP contribution is 2.21. The average molecular weight is 332 g/mol. The molecule has 1 heterocycles. The molecule has 0 amide bonds. The predicted octanol–water partition coefficient (Wildman–Crippen LogP) is 6.26. The van der Waals surface area contributed by atoms with Crippen LogP contribution in [-0.4, -0.2) is 11.0 Å². The fourth-order valence-corrected chi connectivity index (χ4v) is 2.50. The summed E-state index contributed by atoms with van der Waals surface area (Å²) in [7, 11) is 0. The van der Waals surface area contributed by atoms with E-state index in [0.29, 0.717) is 5.92 Å². The summed E-state index contributed by atoms with van der Waals surface area (Å²) in [6.07, 6.45) is 12.6. The van der Waals surface area contributed by atoms with Gasteiger partial charge in [-0.1, -0.05) is 61.1 Å². The maximum absolute atomic E-state index is 4.42. The maximum Gasteiger partial charge on any atom is 0.0702 e. The number of nitrogens with one attached hydrogen (secondary N) is 1. The molecule has 130 valence electrons. The van der Waals surface area contributed by atoms with E-state index in [1.54, 1.807) is 0 Å². The Labute approximate surface area is 152 Å². The van der Waals surface area contributed by atoms with E-state index in [9.17, 15) is 0 Å². The van der Waals surface area contributed by atoms with Crippen molar-refractivity contribution in [1.29, 1.82) is 0 Å². The number of aromatic nitrogens is 1. The molecule has 2 unspecified atom stereocenters. The lowest BCUT2D eigenvalue weighted by atomic mass is 10.0. The zero-order chi connectivity index (χ0) is 18.1. The van der Waals surface area contributed by atoms with Crippen molar-refractivity contribution in [1.82, 2.24) is 4.98 Å². The third kappa shape index (κ3) is 6.07. The standard InChI is InChI=1S/C23H28N2/c1-5-6-10-18(2)19(3)14-15-20(4)25-22-12-9-11-21(17-22)23-13-7-8-16-24-23/h5-17,19-20,25H,1-4H3/b6-5-,15-14-,18-10+. The van der Waals surface area contributed by atoms with Gasteiger partial charge in [0.15, 0.2) is 0 Å². The summed E-state index contributed by atoms with van der Waals surface area (Å²) in [5, 5.41) is 3.54. The lowest BCUT2D eigenvalue weighted by Crippen LogP contribution is -2.12. The molecule has 0 saturated heterocycles. The highest BCUT2D eigenvalue weighted by atomic mass is 14.9. The molecule has 0 fully saturated rings. The lowest BCUT2D eigenvalue weighted by molar-refractivity contribution is 0.847. The number of pyridine rings is 1. The Morgan fingerprint density at radius 2 is 1.92 bits per heavy atom. The van der Waals surface area contributed by atoms with E-state index >= 15 is 0 Å². The summed E-state index contributed by atoms with van der Waals surface area (Å²) in [6.45, 7) is 8.60. The van der Waals surface area contributed by atoms with Crippen LogP contribution in [0.25, 0.3) is 11.3 Å². The van der Waals surface area contributed by atoms with Gasteiger partial charge in [-0.3, -0.25) is 4.98 Å². The Balaban J connectivity index is 2.01. The Kier molecular flexibility index (Phi) is 7.21. The molecule has 2 heteroatoms. The smallest absolute Gasteiger partial charge is 0.0702 e. The first-order chi connectivity index (χ1) is 12.1. The van der Waals surface area contributed by atoms with E-state index in [0.717, 1.165) is 16.9 Å². The van der Waals surface area contributed by atoms with Crippen LogP contribution >= 0.6 is 0 Å². The third-order valence-corrected chi connectivity index (χ3v) is 4.18. The lowest BCUT2D eigenvalue weighted by Gasteiger charge is -2.14. The molecule has 0 aliphatic rings. The molecule has 0 aliphatic carbocycles. The van der Waals surface area contributed by atoms with Crippen molar-refractivity contribution < 1.29 is 0 Å². The zero-order valence-corrected chi connectivity index (χ0v) is 15.6. The van der Waals surface area contributed by atoms with Gasteiger partial charge >= 0.3 is 0 Å². The molecular formula is C23H28N2. The Morgan fingerprint density at radius 1 is 1.08 bits per heavy atom. The van der Waals surface area contributed by atoms with Gasteiger partial charge in [0, 0.05) is 23.5 Å². The summed E-state index contributed by atoms with van der Waals surface area (Å²) in [4.78, 5) is 4.42. The molecule has 25 heavy (non-hydrogen) atoms. The predicted molar refractivity (Wildman–Crippen MR) is 110 cm³/mol. The van der Waals surface area contributed by atoms with Gasteiger partial charge < -0.3 is 5.32 Å². The molecule has 0 spiro atoms. The number of rotatable bonds is 7. The van der Waals surface area contributed by atoms with Gasteiger partial charge in [-0.25, -0.2) is 0 Å². The monoisotopic (exact) mass is 332 g/mol. The normalized spacial score (nSPS) is 14.8. The van der Waals surface area contributed by atoms with E-state index in [1.165, 1.54) is 5.57 Å². The van der Waals surface area contributed by atoms with Crippen molar-refractivity contribution in [3.8, 4) is 11.3 Å². The van der Waals surface area contributed by atoms with Crippen LogP contribution in [0.2, 0.25) is 0 Å². The highest BCUT2D eigenvalue weighted by Gasteiger charge is 2.03. The van der Waals surface area contributed by atoms with Gasteiger partial charge in [-0.15, -0.1) is 0 Å². The van der Waals surface area contributed by atoms with E-state index < -0.39 is 0 Å². The van der Waals surface area contributed by atoms with Crippen LogP contribution in [0.15, 0.2) is 84.6 Å². The zero-order valence-electron chi connectivity index (χ0n) is 15.6. The topological polar surface area (TPSA) is 24.9 Å². The first-order valence-corrected chi connectivity index (χ1v) is 8.86. The molecule has 1 N–H and O–H groups in total. The molecule has 1 aromatic heterocycles. The fraction of sp³-hybridized carbons (Fsp3) is 0.261. The number of nitrogens with zero attached hydrogens (tertiary/aromatic N) is 1. The molecule has 2 nitrogen and oxygen atoms in total. The summed E-state index contributed by atoms with van der Waals surface area (Å²) < 4.78 is 0. The molecule has 1 aromatic carbocycles. The van der Waals surface area contributed by atoms with E-state index in [2.05, 4.69) is 85.7 Å². The Morgan fingerprint density at radius 3 is 2.64 bits per heavy atom. The quantitative estimate of drug-likeness (QED) is 0.478. The van der Waals surface area contributed by atoms with Crippen LogP contribution in [-0.2, 0) is 0 Å². The van der Waals surface area contributed by atoms with Crippen molar-refractivity contribution in [2.24, 2.45) is 5.92 Å². The summed E-state index contributed by atoms with van der Waals surface area (Å²) in [5.41, 5.74) is 4.58. The molecule has 2 aromatic rings. The van der Waals surface area contributed by atoms with E-state index in [4.69, 9.17) is 0 Å². The number of benzene rings is 1. The third-order valence-electron chi connectivity index (χ3n) is 4.18. The molecular weight excluding hydrogens is 304 g/mol. The number of hydrogen-bond acceptors (Lipinski definition) is 2. The van der Waals surface area contributed by atoms with Crippen molar-refractivity contribution in [2.45, 2.75) is 33.7 Å². The first kappa shape index (κ1) is 18.7. The molecule has 0 saturated carbocycles. The van der Waals surface area contributed by atoms with Crippen LogP contribution in [0.4, 0.5) is 5.69 Å². The second kappa shape index (κ2) is 9.63. The van der Waals surface area contributed by atoms with Crippen LogP contribution in [0.5, 0.6) is 0 Å². The second-order valence-corrected chi connectivity index (χ2v) is 6.34. The molecule has 0 aliphatic heterocycles. The second-order valence-electron chi connectivity index (χ2n) is 6.34. The van der Waals surface area contributed by atoms with Crippen LogP contribution in [0, 0.1) is 5.92 Å². The minimum absolute atomic E-state index is 0.260. The summed E-state index contributed by atoms with van der Waals surface area (Å²) in [6, 6.07) is 14.6.